The summed E-state index contributed by atoms with van der Waals surface area (Å²) >= 11 is 3.60. The van der Waals surface area contributed by atoms with Crippen LogP contribution in [0, 0.1) is 0 Å². The molecule has 2 aliphatic rings. The summed E-state index contributed by atoms with van der Waals surface area (Å²) < 4.78 is 36.8. The first-order chi connectivity index (χ1) is 18.9. The largest absolute Gasteiger partial charge is 0.379 e. The van der Waals surface area contributed by atoms with Gasteiger partial charge in [0.1, 0.15) is 0 Å². The van der Waals surface area contributed by atoms with Crippen LogP contribution in [-0.4, -0.2) is 56.0 Å². The molecular formula is C30H28BrN3O4S. The van der Waals surface area contributed by atoms with Crippen molar-refractivity contribution in [3.63, 3.8) is 0 Å². The van der Waals surface area contributed by atoms with E-state index in [9.17, 15) is 13.2 Å². The van der Waals surface area contributed by atoms with E-state index >= 15 is 0 Å². The number of morpholine rings is 1. The quantitative estimate of drug-likeness (QED) is 0.277. The summed E-state index contributed by atoms with van der Waals surface area (Å²) in [6, 6.07) is 21.4. The fraction of sp³-hybridized carbons (Fsp3) is 0.233. The third-order valence-corrected chi connectivity index (χ3v) is 9.71. The highest BCUT2D eigenvalue weighted by Crippen LogP contribution is 2.40. The van der Waals surface area contributed by atoms with Crippen molar-refractivity contribution in [1.29, 1.82) is 0 Å². The van der Waals surface area contributed by atoms with Gasteiger partial charge in [0, 0.05) is 64.5 Å². The van der Waals surface area contributed by atoms with Crippen molar-refractivity contribution in [3.8, 4) is 0 Å². The Morgan fingerprint density at radius 2 is 1.77 bits per heavy atom. The first-order valence-corrected chi connectivity index (χ1v) is 15.2. The first kappa shape index (κ1) is 26.0. The van der Waals surface area contributed by atoms with Crippen LogP contribution in [-0.2, 0) is 26.1 Å². The molecule has 6 rings (SSSR count). The average Bonchev–Trinajstić information content (AvgIpc) is 3.42. The molecule has 2 aliphatic heterocycles. The molecule has 0 bridgehead atoms. The van der Waals surface area contributed by atoms with Gasteiger partial charge in [-0.2, -0.15) is 4.31 Å². The number of carbonyl (C=O) groups is 1. The maximum absolute atomic E-state index is 13.6. The summed E-state index contributed by atoms with van der Waals surface area (Å²) in [4.78, 5) is 15.5. The zero-order chi connectivity index (χ0) is 27.1. The van der Waals surface area contributed by atoms with Crippen molar-refractivity contribution in [3.05, 3.63) is 94.1 Å². The molecule has 1 saturated heterocycles. The number of ether oxygens (including phenoxy) is 1. The number of amides is 1. The van der Waals surface area contributed by atoms with Crippen LogP contribution < -0.4 is 4.90 Å². The molecule has 4 aromatic rings. The molecule has 39 heavy (non-hydrogen) atoms. The number of rotatable bonds is 6. The topological polar surface area (TPSA) is 71.9 Å². The van der Waals surface area contributed by atoms with E-state index in [1.165, 1.54) is 9.87 Å². The molecule has 1 aromatic heterocycles. The highest BCUT2D eigenvalue weighted by atomic mass is 79.9. The standard InChI is InChI=1S/C30H28BrN3O4S/c1-2-34-29-11-9-24(39(36,37)33-12-14-38-15-13-33)18-26(29)27(30(34)35)16-22-20-32(19-21-6-4-3-5-7-21)28-10-8-23(31)17-25(22)28/h3-11,16-18,20H,2,12-15,19H2,1H3/b27-16-. The lowest BCUT2D eigenvalue weighted by atomic mass is 10.0. The number of sulfonamides is 1. The highest BCUT2D eigenvalue weighted by molar-refractivity contribution is 9.10. The Hall–Kier alpha value is -3.24. The molecule has 9 heteroatoms. The molecule has 0 radical (unpaired) electrons. The van der Waals surface area contributed by atoms with Crippen molar-refractivity contribution in [2.45, 2.75) is 18.4 Å². The Labute approximate surface area is 236 Å². The van der Waals surface area contributed by atoms with Crippen LogP contribution in [0.5, 0.6) is 0 Å². The number of nitrogens with zero attached hydrogens (tertiary/aromatic N) is 3. The van der Waals surface area contributed by atoms with E-state index in [-0.39, 0.29) is 10.8 Å². The fourth-order valence-electron chi connectivity index (χ4n) is 5.36. The summed E-state index contributed by atoms with van der Waals surface area (Å²) in [6.45, 7) is 4.48. The Morgan fingerprint density at radius 1 is 1.00 bits per heavy atom. The molecule has 0 unspecified atom stereocenters. The third kappa shape index (κ3) is 4.74. The molecule has 0 N–H and O–H groups in total. The van der Waals surface area contributed by atoms with Gasteiger partial charge in [-0.3, -0.25) is 4.79 Å². The van der Waals surface area contributed by atoms with E-state index < -0.39 is 10.0 Å². The van der Waals surface area contributed by atoms with Gasteiger partial charge in [-0.15, -0.1) is 0 Å². The molecule has 3 aromatic carbocycles. The predicted octanol–water partition coefficient (Wildman–Crippen LogP) is 5.38. The number of benzene rings is 3. The molecule has 200 valence electrons. The fourth-order valence-corrected chi connectivity index (χ4v) is 7.16. The molecule has 0 atom stereocenters. The van der Waals surface area contributed by atoms with Gasteiger partial charge in [-0.1, -0.05) is 46.3 Å². The Bertz CT molecular complexity index is 1710. The van der Waals surface area contributed by atoms with Gasteiger partial charge in [0.2, 0.25) is 10.0 Å². The highest BCUT2D eigenvalue weighted by Gasteiger charge is 2.34. The van der Waals surface area contributed by atoms with Crippen molar-refractivity contribution in [2.75, 3.05) is 37.7 Å². The Balaban J connectivity index is 1.47. The lowest BCUT2D eigenvalue weighted by Gasteiger charge is -2.26. The molecule has 1 fully saturated rings. The molecule has 1 amide bonds. The molecule has 0 spiro atoms. The third-order valence-electron chi connectivity index (χ3n) is 7.32. The number of fused-ring (bicyclic) bond motifs is 2. The zero-order valence-electron chi connectivity index (χ0n) is 21.5. The number of aromatic nitrogens is 1. The van der Waals surface area contributed by atoms with Crippen LogP contribution in [0.15, 0.2) is 82.3 Å². The predicted molar refractivity (Wildman–Crippen MR) is 157 cm³/mol. The van der Waals surface area contributed by atoms with Gasteiger partial charge in [0.25, 0.3) is 5.91 Å². The molecule has 7 nitrogen and oxygen atoms in total. The molecule has 0 saturated carbocycles. The van der Waals surface area contributed by atoms with Gasteiger partial charge in [-0.25, -0.2) is 8.42 Å². The second-order valence-corrected chi connectivity index (χ2v) is 12.5. The number of halogens is 1. The molecule has 3 heterocycles. The molecular weight excluding hydrogens is 578 g/mol. The van der Waals surface area contributed by atoms with Gasteiger partial charge in [0.15, 0.2) is 0 Å². The van der Waals surface area contributed by atoms with Gasteiger partial charge in [0.05, 0.1) is 23.8 Å². The second kappa shape index (κ2) is 10.4. The number of hydrogen-bond donors (Lipinski definition) is 0. The van der Waals surface area contributed by atoms with Crippen molar-refractivity contribution in [1.82, 2.24) is 8.87 Å². The maximum Gasteiger partial charge on any atom is 0.258 e. The Kier molecular flexibility index (Phi) is 6.93. The first-order valence-electron chi connectivity index (χ1n) is 12.9. The summed E-state index contributed by atoms with van der Waals surface area (Å²) in [5.41, 5.74) is 4.98. The van der Waals surface area contributed by atoms with Crippen molar-refractivity contribution in [2.24, 2.45) is 0 Å². The minimum absolute atomic E-state index is 0.132. The minimum atomic E-state index is -3.71. The Morgan fingerprint density at radius 3 is 2.51 bits per heavy atom. The van der Waals surface area contributed by atoms with Gasteiger partial charge >= 0.3 is 0 Å². The van der Waals surface area contributed by atoms with Gasteiger partial charge < -0.3 is 14.2 Å². The molecule has 0 aliphatic carbocycles. The summed E-state index contributed by atoms with van der Waals surface area (Å²) in [6.07, 6.45) is 3.96. The van der Waals surface area contributed by atoms with Crippen LogP contribution in [0.1, 0.15) is 23.6 Å². The monoisotopic (exact) mass is 605 g/mol. The van der Waals surface area contributed by atoms with Crippen molar-refractivity contribution < 1.29 is 17.9 Å². The van der Waals surface area contributed by atoms with Crippen LogP contribution >= 0.6 is 15.9 Å². The van der Waals surface area contributed by atoms with Crippen LogP contribution in [0.3, 0.4) is 0 Å². The van der Waals surface area contributed by atoms with Crippen molar-refractivity contribution >= 4 is 60.1 Å². The minimum Gasteiger partial charge on any atom is -0.379 e. The zero-order valence-corrected chi connectivity index (χ0v) is 23.9. The normalized spacial score (nSPS) is 17.3. The van der Waals surface area contributed by atoms with Crippen LogP contribution in [0.4, 0.5) is 5.69 Å². The van der Waals surface area contributed by atoms with E-state index in [0.29, 0.717) is 50.5 Å². The summed E-state index contributed by atoms with van der Waals surface area (Å²) in [5.74, 6) is -0.132. The van der Waals surface area contributed by atoms with E-state index in [1.807, 2.05) is 37.3 Å². The van der Waals surface area contributed by atoms with E-state index in [2.05, 4.69) is 51.0 Å². The van der Waals surface area contributed by atoms with Crippen LogP contribution in [0.2, 0.25) is 0 Å². The SMILES string of the molecule is CCN1C(=O)/C(=C\c2cn(Cc3ccccc3)c3ccc(Br)cc23)c2cc(S(=O)(=O)N3CCOCC3)ccc21. The number of likely N-dealkylation sites (N-methyl/N-ethyl adjacent to an activating group) is 1. The lowest BCUT2D eigenvalue weighted by molar-refractivity contribution is -0.112. The summed E-state index contributed by atoms with van der Waals surface area (Å²) in [5, 5.41) is 1.01. The smallest absolute Gasteiger partial charge is 0.258 e. The number of carbonyl (C=O) groups excluding carboxylic acids is 1. The average molecular weight is 607 g/mol. The number of anilines is 1. The van der Waals surface area contributed by atoms with E-state index in [1.54, 1.807) is 23.1 Å². The van der Waals surface area contributed by atoms with Crippen LogP contribution in [0.25, 0.3) is 22.6 Å². The second-order valence-electron chi connectivity index (χ2n) is 9.66. The lowest BCUT2D eigenvalue weighted by Crippen LogP contribution is -2.40. The number of hydrogen-bond acceptors (Lipinski definition) is 4. The summed E-state index contributed by atoms with van der Waals surface area (Å²) in [7, 11) is -3.71. The van der Waals surface area contributed by atoms with E-state index in [0.717, 1.165) is 26.6 Å². The van der Waals surface area contributed by atoms with Gasteiger partial charge in [-0.05, 0) is 55.0 Å². The maximum atomic E-state index is 13.6. The van der Waals surface area contributed by atoms with E-state index in [4.69, 9.17) is 4.74 Å².